The first kappa shape index (κ1) is 16.9. The number of aliphatic hydroxyl groups is 1. The largest absolute Gasteiger partial charge is 0.421 e. The predicted octanol–water partition coefficient (Wildman–Crippen LogP) is 0.630. The van der Waals surface area contributed by atoms with Gasteiger partial charge in [-0.15, -0.1) is 5.10 Å². The molecule has 124 valence electrons. The van der Waals surface area contributed by atoms with E-state index in [2.05, 4.69) is 20.8 Å². The Morgan fingerprint density at radius 1 is 1.26 bits per heavy atom. The summed E-state index contributed by atoms with van der Waals surface area (Å²) in [6.07, 6.45) is -4.37. The van der Waals surface area contributed by atoms with Crippen molar-refractivity contribution in [3.8, 4) is 0 Å². The maximum atomic E-state index is 13.2. The summed E-state index contributed by atoms with van der Waals surface area (Å²) in [6.45, 7) is -0.575. The van der Waals surface area contributed by atoms with E-state index >= 15 is 0 Å². The number of hydrogen-bond donors (Lipinski definition) is 2. The maximum Gasteiger partial charge on any atom is 0.421 e. The van der Waals surface area contributed by atoms with Crippen LogP contribution < -0.4 is 5.32 Å². The van der Waals surface area contributed by atoms with Crippen LogP contribution in [-0.2, 0) is 16.9 Å². The fourth-order valence-corrected chi connectivity index (χ4v) is 2.00. The molecule has 0 unspecified atom stereocenters. The molecule has 0 bridgehead atoms. The van der Waals surface area contributed by atoms with E-state index in [0.717, 1.165) is 4.68 Å². The summed E-state index contributed by atoms with van der Waals surface area (Å²) >= 11 is 0. The van der Waals surface area contributed by atoms with E-state index in [-0.39, 0.29) is 18.7 Å². The highest BCUT2D eigenvalue weighted by Crippen LogP contribution is 2.41. The molecule has 0 saturated carbocycles. The van der Waals surface area contributed by atoms with Crippen molar-refractivity contribution in [2.45, 2.75) is 24.7 Å². The van der Waals surface area contributed by atoms with Crippen molar-refractivity contribution in [2.75, 3.05) is 6.54 Å². The molecule has 7 nitrogen and oxygen atoms in total. The predicted molar refractivity (Wildman–Crippen MR) is 71.8 cm³/mol. The number of carbonyl (C=O) groups is 1. The molecule has 0 saturated heterocycles. The Bertz CT molecular complexity index is 633. The second-order valence-electron chi connectivity index (χ2n) is 4.83. The van der Waals surface area contributed by atoms with Crippen molar-refractivity contribution >= 4 is 5.91 Å². The molecule has 0 aliphatic carbocycles. The summed E-state index contributed by atoms with van der Waals surface area (Å²) in [4.78, 5) is 11.6. The van der Waals surface area contributed by atoms with E-state index in [0.29, 0.717) is 0 Å². The van der Waals surface area contributed by atoms with Gasteiger partial charge in [0.05, 0.1) is 0 Å². The van der Waals surface area contributed by atoms with Crippen LogP contribution in [-0.4, -0.2) is 43.9 Å². The molecule has 1 heterocycles. The first-order valence-corrected chi connectivity index (χ1v) is 6.65. The van der Waals surface area contributed by atoms with E-state index in [1.54, 1.807) is 6.07 Å². The smallest absolute Gasteiger partial charge is 0.376 e. The van der Waals surface area contributed by atoms with E-state index in [4.69, 9.17) is 0 Å². The Balaban J connectivity index is 1.98. The van der Waals surface area contributed by atoms with Crippen LogP contribution in [0.1, 0.15) is 12.0 Å². The lowest BCUT2D eigenvalue weighted by atomic mass is 9.89. The Morgan fingerprint density at radius 3 is 2.52 bits per heavy atom. The molecule has 0 fully saturated rings. The highest BCUT2D eigenvalue weighted by molar-refractivity contribution is 5.75. The highest BCUT2D eigenvalue weighted by atomic mass is 19.4. The minimum Gasteiger partial charge on any atom is -0.376 e. The summed E-state index contributed by atoms with van der Waals surface area (Å²) < 4.78 is 40.8. The number of carbonyl (C=O) groups excluding carboxylic acids is 1. The SMILES string of the molecule is O=C(Cn1cnnn1)NCC[C@@](O)(c1ccccc1)C(F)(F)F. The van der Waals surface area contributed by atoms with Crippen LogP contribution in [0.4, 0.5) is 13.2 Å². The molecule has 1 amide bonds. The number of rotatable bonds is 6. The van der Waals surface area contributed by atoms with Gasteiger partial charge in [0.15, 0.2) is 5.60 Å². The second-order valence-corrected chi connectivity index (χ2v) is 4.83. The number of benzene rings is 1. The van der Waals surface area contributed by atoms with Gasteiger partial charge < -0.3 is 10.4 Å². The Hall–Kier alpha value is -2.49. The van der Waals surface area contributed by atoms with Crippen LogP contribution in [0, 0.1) is 0 Å². The van der Waals surface area contributed by atoms with E-state index in [1.165, 1.54) is 30.6 Å². The van der Waals surface area contributed by atoms with Gasteiger partial charge in [0, 0.05) is 13.0 Å². The normalized spacial score (nSPS) is 14.3. The van der Waals surface area contributed by atoms with Gasteiger partial charge in [-0.3, -0.25) is 4.79 Å². The average molecular weight is 329 g/mol. The number of nitrogens with one attached hydrogen (secondary N) is 1. The zero-order valence-electron chi connectivity index (χ0n) is 11.9. The van der Waals surface area contributed by atoms with Gasteiger partial charge in [-0.25, -0.2) is 4.68 Å². The van der Waals surface area contributed by atoms with Crippen LogP contribution in [0.25, 0.3) is 0 Å². The molecule has 1 aromatic heterocycles. The van der Waals surface area contributed by atoms with Gasteiger partial charge in [-0.1, -0.05) is 30.3 Å². The zero-order valence-corrected chi connectivity index (χ0v) is 11.9. The quantitative estimate of drug-likeness (QED) is 0.811. The topological polar surface area (TPSA) is 92.9 Å². The molecule has 10 heteroatoms. The molecule has 1 atom stereocenters. The number of tetrazole rings is 1. The fraction of sp³-hybridized carbons (Fsp3) is 0.385. The molecule has 23 heavy (non-hydrogen) atoms. The van der Waals surface area contributed by atoms with Crippen LogP contribution in [0.15, 0.2) is 36.7 Å². The molecule has 2 rings (SSSR count). The van der Waals surface area contributed by atoms with E-state index in [9.17, 15) is 23.1 Å². The number of halogens is 3. The lowest BCUT2D eigenvalue weighted by Crippen LogP contribution is -2.45. The van der Waals surface area contributed by atoms with E-state index < -0.39 is 24.1 Å². The maximum absolute atomic E-state index is 13.2. The third kappa shape index (κ3) is 4.03. The van der Waals surface area contributed by atoms with Crippen molar-refractivity contribution in [1.82, 2.24) is 25.5 Å². The van der Waals surface area contributed by atoms with Crippen molar-refractivity contribution < 1.29 is 23.1 Å². The monoisotopic (exact) mass is 329 g/mol. The van der Waals surface area contributed by atoms with Crippen LogP contribution in [0.5, 0.6) is 0 Å². The van der Waals surface area contributed by atoms with Gasteiger partial charge in [0.25, 0.3) is 0 Å². The molecule has 1 aromatic carbocycles. The molecule has 0 aliphatic heterocycles. The van der Waals surface area contributed by atoms with Crippen LogP contribution >= 0.6 is 0 Å². The van der Waals surface area contributed by atoms with Gasteiger partial charge in [-0.05, 0) is 16.0 Å². The Kier molecular flexibility index (Phi) is 4.94. The molecule has 2 aromatic rings. The summed E-state index contributed by atoms with van der Waals surface area (Å²) in [7, 11) is 0. The molecular formula is C13H14F3N5O2. The molecule has 2 N–H and O–H groups in total. The van der Waals surface area contributed by atoms with Crippen molar-refractivity contribution in [1.29, 1.82) is 0 Å². The average Bonchev–Trinajstić information content (AvgIpc) is 2.99. The minimum atomic E-state index is -4.87. The van der Waals surface area contributed by atoms with Crippen LogP contribution in [0.2, 0.25) is 0 Å². The van der Waals surface area contributed by atoms with Gasteiger partial charge in [-0.2, -0.15) is 13.2 Å². The standard InChI is InChI=1S/C13H14F3N5O2/c14-13(15,16)12(23,10-4-2-1-3-5-10)6-7-17-11(22)8-21-9-18-19-20-21/h1-5,9,23H,6-8H2,(H,17,22)/t12-/m1/s1. The van der Waals surface area contributed by atoms with Crippen molar-refractivity contribution in [3.05, 3.63) is 42.2 Å². The summed E-state index contributed by atoms with van der Waals surface area (Å²) in [6, 6.07) is 6.74. The summed E-state index contributed by atoms with van der Waals surface area (Å²) in [5, 5.41) is 22.5. The van der Waals surface area contributed by atoms with Gasteiger partial charge in [0.1, 0.15) is 12.9 Å². The first-order valence-electron chi connectivity index (χ1n) is 6.65. The summed E-state index contributed by atoms with van der Waals surface area (Å²) in [5.74, 6) is -0.560. The number of hydrogen-bond acceptors (Lipinski definition) is 5. The third-order valence-electron chi connectivity index (χ3n) is 3.23. The zero-order chi connectivity index (χ0) is 16.9. The number of amides is 1. The highest BCUT2D eigenvalue weighted by Gasteiger charge is 2.54. The molecule has 0 spiro atoms. The third-order valence-corrected chi connectivity index (χ3v) is 3.23. The fourth-order valence-electron chi connectivity index (χ4n) is 2.00. The lowest BCUT2D eigenvalue weighted by Gasteiger charge is -2.31. The second kappa shape index (κ2) is 6.73. The molecule has 0 radical (unpaired) electrons. The van der Waals surface area contributed by atoms with Crippen LogP contribution in [0.3, 0.4) is 0 Å². The van der Waals surface area contributed by atoms with Crippen molar-refractivity contribution in [3.63, 3.8) is 0 Å². The minimum absolute atomic E-state index is 0.219. The van der Waals surface area contributed by atoms with Gasteiger partial charge in [0.2, 0.25) is 5.91 Å². The Labute approximate surface area is 129 Å². The number of nitrogens with zero attached hydrogens (tertiary/aromatic N) is 4. The number of alkyl halides is 3. The Morgan fingerprint density at radius 2 is 1.96 bits per heavy atom. The first-order chi connectivity index (χ1) is 10.8. The van der Waals surface area contributed by atoms with E-state index in [1.807, 2.05) is 0 Å². The molecular weight excluding hydrogens is 315 g/mol. The molecule has 0 aliphatic rings. The van der Waals surface area contributed by atoms with Gasteiger partial charge >= 0.3 is 6.18 Å². The number of aromatic nitrogens is 4. The van der Waals surface area contributed by atoms with Crippen molar-refractivity contribution in [2.24, 2.45) is 0 Å². The lowest BCUT2D eigenvalue weighted by molar-refractivity contribution is -0.268. The summed E-state index contributed by atoms with van der Waals surface area (Å²) in [5.41, 5.74) is -3.31.